The predicted octanol–water partition coefficient (Wildman–Crippen LogP) is 3.07. The molecule has 1 aliphatic rings. The van der Waals surface area contributed by atoms with Gasteiger partial charge < -0.3 is 4.90 Å². The number of hydrogen-bond donors (Lipinski definition) is 0. The standard InChI is InChI=1S/C18H19ClN2O3S/c1-13(22)21-9-8-15-11-17(6-7-18(15)21)25(23,24)20(2)12-14-4-3-5-16(19)10-14/h3-7,10-11H,8-9,12H2,1-2H3. The summed E-state index contributed by atoms with van der Waals surface area (Å²) in [6, 6.07) is 12.1. The minimum atomic E-state index is -3.62. The van der Waals surface area contributed by atoms with Gasteiger partial charge in [-0.2, -0.15) is 4.31 Å². The van der Waals surface area contributed by atoms with Crippen LogP contribution in [0.3, 0.4) is 0 Å². The molecule has 25 heavy (non-hydrogen) atoms. The first kappa shape index (κ1) is 17.9. The Balaban J connectivity index is 1.86. The van der Waals surface area contributed by atoms with E-state index in [9.17, 15) is 13.2 Å². The SMILES string of the molecule is CC(=O)N1CCc2cc(S(=O)(=O)N(C)Cc3cccc(Cl)c3)ccc21. The number of halogens is 1. The van der Waals surface area contributed by atoms with Crippen LogP contribution in [-0.2, 0) is 27.8 Å². The number of carbonyl (C=O) groups excluding carboxylic acids is 1. The Bertz CT molecular complexity index is 928. The summed E-state index contributed by atoms with van der Waals surface area (Å²) in [6.07, 6.45) is 0.663. The molecule has 1 aliphatic heterocycles. The second-order valence-corrected chi connectivity index (χ2v) is 8.58. The lowest BCUT2D eigenvalue weighted by atomic mass is 10.2. The number of sulfonamides is 1. The van der Waals surface area contributed by atoms with Gasteiger partial charge in [-0.3, -0.25) is 4.79 Å². The van der Waals surface area contributed by atoms with Crippen molar-refractivity contribution in [2.45, 2.75) is 24.8 Å². The number of hydrogen-bond acceptors (Lipinski definition) is 3. The van der Waals surface area contributed by atoms with Crippen LogP contribution in [0.25, 0.3) is 0 Å². The van der Waals surface area contributed by atoms with Crippen molar-refractivity contribution in [3.05, 3.63) is 58.6 Å². The van der Waals surface area contributed by atoms with Crippen molar-refractivity contribution in [1.29, 1.82) is 0 Å². The van der Waals surface area contributed by atoms with E-state index in [-0.39, 0.29) is 17.3 Å². The average molecular weight is 379 g/mol. The third-order valence-corrected chi connectivity index (χ3v) is 6.36. The van der Waals surface area contributed by atoms with Crippen LogP contribution >= 0.6 is 11.6 Å². The molecule has 0 atom stereocenters. The van der Waals surface area contributed by atoms with Crippen molar-refractivity contribution in [3.63, 3.8) is 0 Å². The van der Waals surface area contributed by atoms with Crippen molar-refractivity contribution in [2.75, 3.05) is 18.5 Å². The van der Waals surface area contributed by atoms with Gasteiger partial charge in [0.15, 0.2) is 0 Å². The van der Waals surface area contributed by atoms with Crippen molar-refractivity contribution >= 4 is 33.2 Å². The molecule has 0 spiro atoms. The van der Waals surface area contributed by atoms with Gasteiger partial charge in [-0.1, -0.05) is 23.7 Å². The van der Waals surface area contributed by atoms with Gasteiger partial charge in [0.25, 0.3) is 0 Å². The van der Waals surface area contributed by atoms with E-state index in [2.05, 4.69) is 0 Å². The van der Waals surface area contributed by atoms with E-state index in [1.165, 1.54) is 11.2 Å². The highest BCUT2D eigenvalue weighted by Crippen LogP contribution is 2.31. The van der Waals surface area contributed by atoms with Gasteiger partial charge in [-0.05, 0) is 47.9 Å². The van der Waals surface area contributed by atoms with Gasteiger partial charge >= 0.3 is 0 Å². The van der Waals surface area contributed by atoms with Crippen LogP contribution in [0.1, 0.15) is 18.1 Å². The van der Waals surface area contributed by atoms with Crippen molar-refractivity contribution in [3.8, 4) is 0 Å². The average Bonchev–Trinajstić information content (AvgIpc) is 2.98. The Hall–Kier alpha value is -1.89. The molecule has 0 fully saturated rings. The second kappa shape index (κ2) is 6.78. The minimum absolute atomic E-state index is 0.0348. The van der Waals surface area contributed by atoms with Gasteiger partial charge in [0.2, 0.25) is 15.9 Å². The van der Waals surface area contributed by atoms with E-state index < -0.39 is 10.0 Å². The van der Waals surface area contributed by atoms with Crippen LogP contribution in [-0.4, -0.2) is 32.2 Å². The van der Waals surface area contributed by atoms with E-state index in [4.69, 9.17) is 11.6 Å². The summed E-state index contributed by atoms with van der Waals surface area (Å²) >= 11 is 5.96. The third kappa shape index (κ3) is 3.56. The number of fused-ring (bicyclic) bond motifs is 1. The highest BCUT2D eigenvalue weighted by Gasteiger charge is 2.26. The van der Waals surface area contributed by atoms with E-state index in [0.717, 1.165) is 16.8 Å². The zero-order valence-corrected chi connectivity index (χ0v) is 15.6. The van der Waals surface area contributed by atoms with Crippen LogP contribution < -0.4 is 4.90 Å². The molecule has 1 amide bonds. The molecule has 0 aromatic heterocycles. The fourth-order valence-electron chi connectivity index (χ4n) is 3.02. The molecular formula is C18H19ClN2O3S. The summed E-state index contributed by atoms with van der Waals surface area (Å²) in [7, 11) is -2.08. The quantitative estimate of drug-likeness (QED) is 0.821. The molecular weight excluding hydrogens is 360 g/mol. The second-order valence-electron chi connectivity index (χ2n) is 6.10. The summed E-state index contributed by atoms with van der Waals surface area (Å²) in [5.41, 5.74) is 2.50. The summed E-state index contributed by atoms with van der Waals surface area (Å²) in [6.45, 7) is 2.34. The third-order valence-electron chi connectivity index (χ3n) is 4.33. The normalized spacial score (nSPS) is 14.0. The smallest absolute Gasteiger partial charge is 0.243 e. The maximum Gasteiger partial charge on any atom is 0.243 e. The molecule has 2 aromatic rings. The minimum Gasteiger partial charge on any atom is -0.312 e. The zero-order valence-electron chi connectivity index (χ0n) is 14.1. The first-order valence-corrected chi connectivity index (χ1v) is 9.72. The molecule has 0 radical (unpaired) electrons. The van der Waals surface area contributed by atoms with Crippen LogP contribution in [0.4, 0.5) is 5.69 Å². The number of anilines is 1. The molecule has 132 valence electrons. The summed E-state index contributed by atoms with van der Waals surface area (Å²) in [5.74, 6) is -0.0348. The number of amides is 1. The molecule has 0 N–H and O–H groups in total. The first-order valence-electron chi connectivity index (χ1n) is 7.91. The van der Waals surface area contributed by atoms with Crippen LogP contribution in [0.2, 0.25) is 5.02 Å². The highest BCUT2D eigenvalue weighted by molar-refractivity contribution is 7.89. The molecule has 0 unspecified atom stereocenters. The van der Waals surface area contributed by atoms with Gasteiger partial charge in [0, 0.05) is 37.8 Å². The fourth-order valence-corrected chi connectivity index (χ4v) is 4.45. The molecule has 2 aromatic carbocycles. The van der Waals surface area contributed by atoms with E-state index in [0.29, 0.717) is 18.0 Å². The molecule has 5 nitrogen and oxygen atoms in total. The Labute approximate surface area is 152 Å². The van der Waals surface area contributed by atoms with Crippen molar-refractivity contribution in [2.24, 2.45) is 0 Å². The highest BCUT2D eigenvalue weighted by atomic mass is 35.5. The summed E-state index contributed by atoms with van der Waals surface area (Å²) < 4.78 is 27.0. The lowest BCUT2D eigenvalue weighted by Crippen LogP contribution is -2.27. The van der Waals surface area contributed by atoms with E-state index in [1.54, 1.807) is 48.3 Å². The molecule has 1 heterocycles. The van der Waals surface area contributed by atoms with Crippen LogP contribution in [0.5, 0.6) is 0 Å². The van der Waals surface area contributed by atoms with Gasteiger partial charge in [0.1, 0.15) is 0 Å². The first-order chi connectivity index (χ1) is 11.8. The topological polar surface area (TPSA) is 57.7 Å². The number of benzene rings is 2. The van der Waals surface area contributed by atoms with Gasteiger partial charge in [0.05, 0.1) is 4.90 Å². The van der Waals surface area contributed by atoms with Crippen molar-refractivity contribution in [1.82, 2.24) is 4.31 Å². The molecule has 7 heteroatoms. The predicted molar refractivity (Wildman–Crippen MR) is 98.3 cm³/mol. The summed E-state index contributed by atoms with van der Waals surface area (Å²) in [5, 5.41) is 0.574. The number of carbonyl (C=O) groups is 1. The largest absolute Gasteiger partial charge is 0.312 e. The van der Waals surface area contributed by atoms with E-state index >= 15 is 0 Å². The fraction of sp³-hybridized carbons (Fsp3) is 0.278. The molecule has 0 saturated heterocycles. The molecule has 3 rings (SSSR count). The zero-order chi connectivity index (χ0) is 18.2. The van der Waals surface area contributed by atoms with E-state index in [1.807, 2.05) is 6.07 Å². The van der Waals surface area contributed by atoms with Crippen LogP contribution in [0, 0.1) is 0 Å². The van der Waals surface area contributed by atoms with Crippen LogP contribution in [0.15, 0.2) is 47.4 Å². The lowest BCUT2D eigenvalue weighted by molar-refractivity contribution is -0.116. The maximum absolute atomic E-state index is 12.8. The molecule has 0 aliphatic carbocycles. The molecule has 0 bridgehead atoms. The Morgan fingerprint density at radius 2 is 2.00 bits per heavy atom. The summed E-state index contributed by atoms with van der Waals surface area (Å²) in [4.78, 5) is 13.5. The van der Waals surface area contributed by atoms with Gasteiger partial charge in [-0.15, -0.1) is 0 Å². The lowest BCUT2D eigenvalue weighted by Gasteiger charge is -2.19. The van der Waals surface area contributed by atoms with Gasteiger partial charge in [-0.25, -0.2) is 8.42 Å². The molecule has 0 saturated carbocycles. The monoisotopic (exact) mass is 378 g/mol. The Kier molecular flexibility index (Phi) is 4.86. The Morgan fingerprint density at radius 3 is 2.68 bits per heavy atom. The number of nitrogens with zero attached hydrogens (tertiary/aromatic N) is 2. The Morgan fingerprint density at radius 1 is 1.24 bits per heavy atom. The maximum atomic E-state index is 12.8. The van der Waals surface area contributed by atoms with Crippen molar-refractivity contribution < 1.29 is 13.2 Å². The number of rotatable bonds is 4.